The SMILES string of the molecule is OBCc1ccc(Cl)cc1. The number of benzene rings is 1. The van der Waals surface area contributed by atoms with Gasteiger partial charge in [0.25, 0.3) is 7.48 Å². The third-order valence-electron chi connectivity index (χ3n) is 1.31. The predicted molar refractivity (Wildman–Crippen MR) is 44.5 cm³/mol. The molecule has 0 atom stereocenters. The van der Waals surface area contributed by atoms with Gasteiger partial charge in [-0.05, 0) is 18.5 Å². The molecule has 1 N–H and O–H groups in total. The standard InChI is InChI=1S/C7H8BClO/c9-7-3-1-6(2-4-7)5-8-10/h1-4,8,10H,5H2. The average Bonchev–Trinajstić information content (AvgIpc) is 1.95. The second kappa shape index (κ2) is 3.64. The lowest BCUT2D eigenvalue weighted by Gasteiger charge is -1.94. The van der Waals surface area contributed by atoms with Gasteiger partial charge >= 0.3 is 0 Å². The second-order valence-electron chi connectivity index (χ2n) is 2.10. The molecule has 0 aliphatic heterocycles. The monoisotopic (exact) mass is 154 g/mol. The van der Waals surface area contributed by atoms with Crippen LogP contribution in [0.25, 0.3) is 0 Å². The van der Waals surface area contributed by atoms with E-state index in [0.29, 0.717) is 6.32 Å². The van der Waals surface area contributed by atoms with Crippen molar-refractivity contribution >= 4 is 19.1 Å². The molecule has 0 aromatic heterocycles. The van der Waals surface area contributed by atoms with E-state index in [2.05, 4.69) is 0 Å². The molecule has 0 amide bonds. The maximum Gasteiger partial charge on any atom is 0.275 e. The number of hydrogen-bond acceptors (Lipinski definition) is 1. The van der Waals surface area contributed by atoms with Gasteiger partial charge in [-0.3, -0.25) is 0 Å². The van der Waals surface area contributed by atoms with Gasteiger partial charge in [0.15, 0.2) is 0 Å². The Balaban J connectivity index is 2.69. The molecular formula is C7H8BClO. The Labute approximate surface area is 65.9 Å². The maximum absolute atomic E-state index is 8.56. The fourth-order valence-electron chi connectivity index (χ4n) is 0.780. The largest absolute Gasteiger partial charge is 0.454 e. The van der Waals surface area contributed by atoms with Crippen LogP contribution in [0.4, 0.5) is 0 Å². The summed E-state index contributed by atoms with van der Waals surface area (Å²) >= 11 is 5.65. The molecule has 10 heavy (non-hydrogen) atoms. The van der Waals surface area contributed by atoms with Crippen molar-refractivity contribution in [1.29, 1.82) is 0 Å². The van der Waals surface area contributed by atoms with Crippen molar-refractivity contribution < 1.29 is 5.02 Å². The van der Waals surface area contributed by atoms with Crippen LogP contribution in [0.1, 0.15) is 5.56 Å². The minimum atomic E-state index is 0.196. The van der Waals surface area contributed by atoms with Crippen LogP contribution >= 0.6 is 11.6 Å². The molecule has 1 nitrogen and oxygen atoms in total. The Morgan fingerprint density at radius 3 is 2.40 bits per heavy atom. The topological polar surface area (TPSA) is 20.2 Å². The highest BCUT2D eigenvalue weighted by Gasteiger charge is 1.91. The van der Waals surface area contributed by atoms with Crippen LogP contribution in [0.3, 0.4) is 0 Å². The lowest BCUT2D eigenvalue weighted by molar-refractivity contribution is 0.600. The normalized spacial score (nSPS) is 9.40. The average molecular weight is 154 g/mol. The first-order valence-electron chi connectivity index (χ1n) is 3.18. The summed E-state index contributed by atoms with van der Waals surface area (Å²) in [5, 5.41) is 9.29. The molecule has 1 rings (SSSR count). The number of halogens is 1. The zero-order valence-corrected chi connectivity index (χ0v) is 6.30. The summed E-state index contributed by atoms with van der Waals surface area (Å²) in [5.41, 5.74) is 1.12. The van der Waals surface area contributed by atoms with Crippen LogP contribution in [0.5, 0.6) is 0 Å². The van der Waals surface area contributed by atoms with Crippen molar-refractivity contribution in [2.24, 2.45) is 0 Å². The number of rotatable bonds is 2. The smallest absolute Gasteiger partial charge is 0.275 e. The van der Waals surface area contributed by atoms with Gasteiger partial charge in [-0.25, -0.2) is 0 Å². The summed E-state index contributed by atoms with van der Waals surface area (Å²) in [7, 11) is 0.196. The zero-order chi connectivity index (χ0) is 7.40. The van der Waals surface area contributed by atoms with E-state index in [4.69, 9.17) is 16.6 Å². The van der Waals surface area contributed by atoms with Gasteiger partial charge in [-0.1, -0.05) is 29.3 Å². The van der Waals surface area contributed by atoms with Crippen LogP contribution < -0.4 is 0 Å². The minimum Gasteiger partial charge on any atom is -0.454 e. The molecule has 3 heteroatoms. The third kappa shape index (κ3) is 2.05. The second-order valence-corrected chi connectivity index (χ2v) is 2.54. The van der Waals surface area contributed by atoms with Crippen LogP contribution in [0, 0.1) is 0 Å². The van der Waals surface area contributed by atoms with Crippen molar-refractivity contribution in [3.63, 3.8) is 0 Å². The van der Waals surface area contributed by atoms with Crippen molar-refractivity contribution in [3.8, 4) is 0 Å². The van der Waals surface area contributed by atoms with E-state index in [-0.39, 0.29) is 7.48 Å². The minimum absolute atomic E-state index is 0.196. The lowest BCUT2D eigenvalue weighted by atomic mass is 9.90. The Hall–Kier alpha value is -0.465. The quantitative estimate of drug-likeness (QED) is 0.634. The van der Waals surface area contributed by atoms with Gasteiger partial charge in [0, 0.05) is 5.02 Å². The summed E-state index contributed by atoms with van der Waals surface area (Å²) in [5.74, 6) is 0. The van der Waals surface area contributed by atoms with E-state index in [0.717, 1.165) is 10.6 Å². The fraction of sp³-hybridized carbons (Fsp3) is 0.143. The number of hydrogen-bond donors (Lipinski definition) is 1. The molecule has 0 saturated carbocycles. The summed E-state index contributed by atoms with van der Waals surface area (Å²) in [4.78, 5) is 0. The highest BCUT2D eigenvalue weighted by Crippen LogP contribution is 2.08. The molecule has 0 unspecified atom stereocenters. The van der Waals surface area contributed by atoms with Crippen molar-refractivity contribution in [2.75, 3.05) is 0 Å². The summed E-state index contributed by atoms with van der Waals surface area (Å²) in [6.07, 6.45) is 0.706. The molecule has 1 aromatic carbocycles. The molecule has 0 bridgehead atoms. The molecule has 0 aliphatic rings. The first-order chi connectivity index (χ1) is 4.83. The van der Waals surface area contributed by atoms with E-state index >= 15 is 0 Å². The van der Waals surface area contributed by atoms with Crippen LogP contribution in [-0.2, 0) is 6.32 Å². The van der Waals surface area contributed by atoms with E-state index < -0.39 is 0 Å². The van der Waals surface area contributed by atoms with E-state index in [1.54, 1.807) is 0 Å². The van der Waals surface area contributed by atoms with Crippen molar-refractivity contribution in [3.05, 3.63) is 34.9 Å². The molecule has 0 fully saturated rings. The summed E-state index contributed by atoms with van der Waals surface area (Å²) < 4.78 is 0. The molecule has 0 radical (unpaired) electrons. The van der Waals surface area contributed by atoms with Crippen LogP contribution in [-0.4, -0.2) is 12.5 Å². The lowest BCUT2D eigenvalue weighted by Crippen LogP contribution is -1.93. The fourth-order valence-corrected chi connectivity index (χ4v) is 0.906. The van der Waals surface area contributed by atoms with E-state index in [1.165, 1.54) is 0 Å². The van der Waals surface area contributed by atoms with Crippen molar-refractivity contribution in [1.82, 2.24) is 0 Å². The van der Waals surface area contributed by atoms with Gasteiger partial charge < -0.3 is 5.02 Å². The van der Waals surface area contributed by atoms with Gasteiger partial charge in [0.1, 0.15) is 0 Å². The van der Waals surface area contributed by atoms with Crippen LogP contribution in [0.2, 0.25) is 5.02 Å². The van der Waals surface area contributed by atoms with Gasteiger partial charge in [0.2, 0.25) is 0 Å². The van der Waals surface area contributed by atoms with E-state index in [1.807, 2.05) is 24.3 Å². The first kappa shape index (κ1) is 7.64. The first-order valence-corrected chi connectivity index (χ1v) is 3.56. The molecule has 0 saturated heterocycles. The Morgan fingerprint density at radius 1 is 1.30 bits per heavy atom. The molecule has 0 spiro atoms. The molecule has 0 heterocycles. The Kier molecular flexibility index (Phi) is 2.78. The molecule has 52 valence electrons. The summed E-state index contributed by atoms with van der Waals surface area (Å²) in [6, 6.07) is 7.48. The maximum atomic E-state index is 8.56. The van der Waals surface area contributed by atoms with E-state index in [9.17, 15) is 0 Å². The Bertz CT molecular complexity index is 197. The van der Waals surface area contributed by atoms with Gasteiger partial charge in [0.05, 0.1) is 0 Å². The summed E-state index contributed by atoms with van der Waals surface area (Å²) in [6.45, 7) is 0. The van der Waals surface area contributed by atoms with Crippen molar-refractivity contribution in [2.45, 2.75) is 6.32 Å². The van der Waals surface area contributed by atoms with Gasteiger partial charge in [-0.15, -0.1) is 0 Å². The zero-order valence-electron chi connectivity index (χ0n) is 5.55. The molecular weight excluding hydrogens is 146 g/mol. The highest BCUT2D eigenvalue weighted by molar-refractivity contribution is 6.30. The Morgan fingerprint density at radius 2 is 1.90 bits per heavy atom. The highest BCUT2D eigenvalue weighted by atomic mass is 35.5. The predicted octanol–water partition coefficient (Wildman–Crippen LogP) is 1.18. The van der Waals surface area contributed by atoms with Crippen LogP contribution in [0.15, 0.2) is 24.3 Å². The third-order valence-corrected chi connectivity index (χ3v) is 1.57. The molecule has 0 aliphatic carbocycles. The van der Waals surface area contributed by atoms with Gasteiger partial charge in [-0.2, -0.15) is 0 Å². The molecule has 1 aromatic rings.